The highest BCUT2D eigenvalue weighted by Crippen LogP contribution is 2.27. The number of benzene rings is 1. The molecule has 114 valence electrons. The third-order valence-electron chi connectivity index (χ3n) is 3.28. The maximum atomic E-state index is 5.71. The SMILES string of the molecule is CCCCOc1ccc(C(Cc2ccc(Br)s2)NN)cc1. The van der Waals surface area contributed by atoms with E-state index in [0.717, 1.165) is 35.4 Å². The number of hydrazine groups is 1. The van der Waals surface area contributed by atoms with Crippen LogP contribution in [0.5, 0.6) is 5.75 Å². The average molecular weight is 369 g/mol. The molecule has 0 aliphatic carbocycles. The fourth-order valence-corrected chi connectivity index (χ4v) is 3.59. The van der Waals surface area contributed by atoms with E-state index < -0.39 is 0 Å². The first kappa shape index (κ1) is 16.5. The van der Waals surface area contributed by atoms with Gasteiger partial charge in [0.25, 0.3) is 0 Å². The first-order chi connectivity index (χ1) is 10.2. The van der Waals surface area contributed by atoms with Gasteiger partial charge in [-0.05, 0) is 52.2 Å². The fourth-order valence-electron chi connectivity index (χ4n) is 2.07. The number of hydrogen-bond acceptors (Lipinski definition) is 4. The van der Waals surface area contributed by atoms with Crippen LogP contribution in [-0.2, 0) is 6.42 Å². The molecule has 2 aromatic rings. The molecule has 0 fully saturated rings. The number of rotatable bonds is 8. The Morgan fingerprint density at radius 2 is 2.00 bits per heavy atom. The number of thiophene rings is 1. The summed E-state index contributed by atoms with van der Waals surface area (Å²) in [6, 6.07) is 12.5. The van der Waals surface area contributed by atoms with E-state index in [1.807, 2.05) is 12.1 Å². The van der Waals surface area contributed by atoms with Crippen LogP contribution >= 0.6 is 27.3 Å². The van der Waals surface area contributed by atoms with E-state index in [1.165, 1.54) is 10.4 Å². The zero-order chi connectivity index (χ0) is 15.1. The van der Waals surface area contributed by atoms with Crippen molar-refractivity contribution in [2.75, 3.05) is 6.61 Å². The summed E-state index contributed by atoms with van der Waals surface area (Å²) in [4.78, 5) is 1.30. The zero-order valence-corrected chi connectivity index (χ0v) is 14.5. The maximum absolute atomic E-state index is 5.71. The molecule has 0 bridgehead atoms. The fraction of sp³-hybridized carbons (Fsp3) is 0.375. The number of nitrogens with one attached hydrogen (secondary N) is 1. The molecule has 1 atom stereocenters. The molecule has 5 heteroatoms. The number of hydrogen-bond donors (Lipinski definition) is 2. The van der Waals surface area contributed by atoms with Gasteiger partial charge in [0.2, 0.25) is 0 Å². The predicted octanol–water partition coefficient (Wildman–Crippen LogP) is 4.44. The van der Waals surface area contributed by atoms with Gasteiger partial charge in [-0.2, -0.15) is 0 Å². The Bertz CT molecular complexity index is 541. The average Bonchev–Trinajstić information content (AvgIpc) is 2.91. The van der Waals surface area contributed by atoms with Crippen LogP contribution in [0.4, 0.5) is 0 Å². The van der Waals surface area contributed by atoms with Crippen molar-refractivity contribution < 1.29 is 4.74 Å². The van der Waals surface area contributed by atoms with Gasteiger partial charge in [-0.15, -0.1) is 11.3 Å². The summed E-state index contributed by atoms with van der Waals surface area (Å²) in [5.74, 6) is 6.63. The molecule has 21 heavy (non-hydrogen) atoms. The summed E-state index contributed by atoms with van der Waals surface area (Å²) in [6.07, 6.45) is 3.11. The molecule has 1 heterocycles. The summed E-state index contributed by atoms with van der Waals surface area (Å²) >= 11 is 5.23. The molecule has 3 N–H and O–H groups in total. The molecule has 0 aliphatic heterocycles. The van der Waals surface area contributed by atoms with Crippen molar-refractivity contribution in [3.63, 3.8) is 0 Å². The van der Waals surface area contributed by atoms with E-state index in [1.54, 1.807) is 11.3 Å². The van der Waals surface area contributed by atoms with E-state index in [-0.39, 0.29) is 6.04 Å². The van der Waals surface area contributed by atoms with Crippen molar-refractivity contribution in [1.29, 1.82) is 0 Å². The molecule has 0 spiro atoms. The summed E-state index contributed by atoms with van der Waals surface area (Å²) in [5.41, 5.74) is 4.07. The monoisotopic (exact) mass is 368 g/mol. The minimum Gasteiger partial charge on any atom is -0.494 e. The molecule has 1 aromatic heterocycles. The Morgan fingerprint density at radius 1 is 1.24 bits per heavy atom. The van der Waals surface area contributed by atoms with Crippen LogP contribution in [0, 0.1) is 0 Å². The Hall–Kier alpha value is -0.880. The van der Waals surface area contributed by atoms with Crippen molar-refractivity contribution in [2.45, 2.75) is 32.2 Å². The smallest absolute Gasteiger partial charge is 0.119 e. The minimum absolute atomic E-state index is 0.111. The van der Waals surface area contributed by atoms with Crippen LogP contribution < -0.4 is 16.0 Å². The maximum Gasteiger partial charge on any atom is 0.119 e. The van der Waals surface area contributed by atoms with Gasteiger partial charge in [-0.1, -0.05) is 25.5 Å². The second-order valence-corrected chi connectivity index (χ2v) is 7.45. The van der Waals surface area contributed by atoms with Gasteiger partial charge in [0.1, 0.15) is 5.75 Å². The number of halogens is 1. The van der Waals surface area contributed by atoms with Gasteiger partial charge in [0.15, 0.2) is 0 Å². The molecule has 0 amide bonds. The topological polar surface area (TPSA) is 47.3 Å². The molecule has 2 rings (SSSR count). The molecule has 0 saturated carbocycles. The number of nitrogens with two attached hydrogens (primary N) is 1. The van der Waals surface area contributed by atoms with Crippen molar-refractivity contribution >= 4 is 27.3 Å². The molecule has 0 saturated heterocycles. The Morgan fingerprint density at radius 3 is 2.57 bits per heavy atom. The second kappa shape index (κ2) is 8.54. The van der Waals surface area contributed by atoms with Gasteiger partial charge < -0.3 is 4.74 Å². The summed E-state index contributed by atoms with van der Waals surface area (Å²) in [6.45, 7) is 2.94. The lowest BCUT2D eigenvalue weighted by Gasteiger charge is -2.16. The number of unbranched alkanes of at least 4 members (excludes halogenated alkanes) is 1. The Kier molecular flexibility index (Phi) is 6.70. The van der Waals surface area contributed by atoms with Crippen LogP contribution in [0.25, 0.3) is 0 Å². The predicted molar refractivity (Wildman–Crippen MR) is 92.6 cm³/mol. The van der Waals surface area contributed by atoms with Gasteiger partial charge in [0.05, 0.1) is 16.4 Å². The van der Waals surface area contributed by atoms with E-state index in [0.29, 0.717) is 0 Å². The van der Waals surface area contributed by atoms with E-state index in [2.05, 4.69) is 52.5 Å². The van der Waals surface area contributed by atoms with Crippen LogP contribution in [0.15, 0.2) is 40.2 Å². The molecule has 3 nitrogen and oxygen atoms in total. The third-order valence-corrected chi connectivity index (χ3v) is 4.93. The summed E-state index contributed by atoms with van der Waals surface area (Å²) in [5, 5.41) is 0. The molecule has 1 unspecified atom stereocenters. The summed E-state index contributed by atoms with van der Waals surface area (Å²) < 4.78 is 6.83. The van der Waals surface area contributed by atoms with Crippen LogP contribution in [0.1, 0.15) is 36.2 Å². The lowest BCUT2D eigenvalue weighted by Crippen LogP contribution is -2.29. The first-order valence-electron chi connectivity index (χ1n) is 7.16. The molecular weight excluding hydrogens is 348 g/mol. The van der Waals surface area contributed by atoms with Crippen LogP contribution in [0.2, 0.25) is 0 Å². The van der Waals surface area contributed by atoms with Crippen molar-refractivity contribution in [2.24, 2.45) is 5.84 Å². The van der Waals surface area contributed by atoms with Gasteiger partial charge in [-0.25, -0.2) is 0 Å². The molecular formula is C16H21BrN2OS. The Balaban J connectivity index is 1.98. The quantitative estimate of drug-likeness (QED) is 0.411. The molecule has 0 radical (unpaired) electrons. The molecule has 0 aliphatic rings. The van der Waals surface area contributed by atoms with Crippen LogP contribution in [-0.4, -0.2) is 6.61 Å². The first-order valence-corrected chi connectivity index (χ1v) is 8.77. The van der Waals surface area contributed by atoms with Crippen molar-refractivity contribution in [3.05, 3.63) is 50.6 Å². The largest absolute Gasteiger partial charge is 0.494 e. The number of ether oxygens (including phenoxy) is 1. The lowest BCUT2D eigenvalue weighted by atomic mass is 10.0. The highest BCUT2D eigenvalue weighted by Gasteiger charge is 2.12. The highest BCUT2D eigenvalue weighted by molar-refractivity contribution is 9.11. The van der Waals surface area contributed by atoms with Crippen molar-refractivity contribution in [3.8, 4) is 5.75 Å². The zero-order valence-electron chi connectivity index (χ0n) is 12.1. The van der Waals surface area contributed by atoms with Gasteiger partial charge >= 0.3 is 0 Å². The summed E-state index contributed by atoms with van der Waals surface area (Å²) in [7, 11) is 0. The third kappa shape index (κ3) is 5.11. The van der Waals surface area contributed by atoms with Gasteiger partial charge in [-0.3, -0.25) is 11.3 Å². The van der Waals surface area contributed by atoms with Crippen LogP contribution in [0.3, 0.4) is 0 Å². The molecule has 1 aromatic carbocycles. The van der Waals surface area contributed by atoms with E-state index >= 15 is 0 Å². The minimum atomic E-state index is 0.111. The second-order valence-electron chi connectivity index (χ2n) is 4.90. The van der Waals surface area contributed by atoms with E-state index in [4.69, 9.17) is 10.6 Å². The van der Waals surface area contributed by atoms with Crippen molar-refractivity contribution in [1.82, 2.24) is 5.43 Å². The van der Waals surface area contributed by atoms with Gasteiger partial charge in [0, 0.05) is 11.3 Å². The highest BCUT2D eigenvalue weighted by atomic mass is 79.9. The standard InChI is InChI=1S/C16H21BrN2OS/c1-2-3-10-20-13-6-4-12(5-7-13)15(19-18)11-14-8-9-16(17)21-14/h4-9,15,19H,2-3,10-11,18H2,1H3. The normalized spacial score (nSPS) is 12.3. The Labute approximate surface area is 138 Å². The van der Waals surface area contributed by atoms with E-state index in [9.17, 15) is 0 Å². The lowest BCUT2D eigenvalue weighted by molar-refractivity contribution is 0.309.